The van der Waals surface area contributed by atoms with Crippen LogP contribution in [0.5, 0.6) is 0 Å². The van der Waals surface area contributed by atoms with Crippen molar-refractivity contribution in [3.05, 3.63) is 11.6 Å². The van der Waals surface area contributed by atoms with E-state index in [1.807, 2.05) is 0 Å². The van der Waals surface area contributed by atoms with Gasteiger partial charge in [0.15, 0.2) is 0 Å². The average Bonchev–Trinajstić information content (AvgIpc) is 3.24. The summed E-state index contributed by atoms with van der Waals surface area (Å²) in [5.41, 5.74) is 4.97. The third kappa shape index (κ3) is 29.3. The van der Waals surface area contributed by atoms with E-state index in [4.69, 9.17) is 64.8 Å². The molecule has 0 saturated carbocycles. The lowest BCUT2D eigenvalue weighted by atomic mass is 9.74. The average molecular weight is 1080 g/mol. The van der Waals surface area contributed by atoms with Gasteiger partial charge in [-0.2, -0.15) is 39.9 Å². The van der Waals surface area contributed by atoms with E-state index in [9.17, 15) is 0 Å². The molecule has 0 amide bonds. The minimum absolute atomic E-state index is 0.107. The summed E-state index contributed by atoms with van der Waals surface area (Å²) in [5, 5.41) is 24.4. The Bertz CT molecular complexity index is 2130. The number of nitrogens with zero attached hydrogens (tertiary/aromatic N) is 9. The Morgan fingerprint density at radius 2 is 0.584 bits per heavy atom. The molecule has 20 heteroatoms. The number of ether oxygens (including phenoxy) is 3. The molecule has 20 nitrogen and oxygen atoms in total. The van der Waals surface area contributed by atoms with Gasteiger partial charge in [-0.3, -0.25) is 0 Å². The second kappa shape index (κ2) is 29.6. The maximum Gasteiger partial charge on any atom is 0.229 e. The predicted molar refractivity (Wildman–Crippen MR) is 320 cm³/mol. The van der Waals surface area contributed by atoms with Crippen molar-refractivity contribution >= 4 is 41.6 Å². The fraction of sp³-hybridized carbons (Fsp3) is 0.842. The molecule has 0 bridgehead atoms. The summed E-state index contributed by atoms with van der Waals surface area (Å²) in [6.07, 6.45) is 7.21. The van der Waals surface area contributed by atoms with Crippen LogP contribution < -0.4 is 43.0 Å². The van der Waals surface area contributed by atoms with Crippen molar-refractivity contribution in [3.8, 4) is 0 Å². The van der Waals surface area contributed by atoms with Gasteiger partial charge >= 0.3 is 0 Å². The molecular weight excluding hydrogens is 971 g/mol. The number of hydrogen-bond donors (Lipinski definition) is 8. The summed E-state index contributed by atoms with van der Waals surface area (Å²) in [4.78, 5) is 43.9. The second-order valence-corrected chi connectivity index (χ2v) is 28.3. The van der Waals surface area contributed by atoms with Gasteiger partial charge in [0.1, 0.15) is 11.6 Å². The maximum absolute atomic E-state index is 5.76. The van der Waals surface area contributed by atoms with Crippen LogP contribution in [0.15, 0.2) is 0 Å². The Kier molecular flexibility index (Phi) is 25.7. The number of aromatic nitrogens is 9. The molecule has 3 aromatic rings. The molecule has 0 atom stereocenters. The molecule has 440 valence electrons. The molecular formula is C57H109N17O3. The zero-order valence-electron chi connectivity index (χ0n) is 52.0. The molecule has 3 heterocycles. The molecule has 0 aliphatic rings. The van der Waals surface area contributed by atoms with Crippen LogP contribution >= 0.6 is 0 Å². The van der Waals surface area contributed by atoms with Crippen LogP contribution in [0.4, 0.5) is 41.6 Å². The van der Waals surface area contributed by atoms with Gasteiger partial charge in [0.05, 0.1) is 39.6 Å². The molecule has 0 radical (unpaired) electrons. The van der Waals surface area contributed by atoms with Crippen LogP contribution in [0.3, 0.4) is 0 Å². The van der Waals surface area contributed by atoms with Crippen LogP contribution in [-0.2, 0) is 25.0 Å². The van der Waals surface area contributed by atoms with Gasteiger partial charge < -0.3 is 57.2 Å². The Hall–Kier alpha value is -4.53. The Morgan fingerprint density at radius 3 is 0.896 bits per heavy atom. The van der Waals surface area contributed by atoms with Gasteiger partial charge in [-0.05, 0) is 101 Å². The Labute approximate surface area is 466 Å². The second-order valence-electron chi connectivity index (χ2n) is 28.3. The number of rotatable bonds is 36. The highest BCUT2D eigenvalue weighted by molar-refractivity contribution is 5.45. The van der Waals surface area contributed by atoms with Gasteiger partial charge in [0.25, 0.3) is 0 Å². The fourth-order valence-electron chi connectivity index (χ4n) is 10.6. The third-order valence-corrected chi connectivity index (χ3v) is 11.8. The highest BCUT2D eigenvalue weighted by Gasteiger charge is 2.35. The zero-order chi connectivity index (χ0) is 57.8. The number of unbranched alkanes of at least 4 members (excludes halogenated alkanes) is 2. The molecule has 0 aliphatic heterocycles. The van der Waals surface area contributed by atoms with Crippen molar-refractivity contribution in [1.82, 2.24) is 44.9 Å². The normalized spacial score (nSPS) is 13.2. The van der Waals surface area contributed by atoms with Gasteiger partial charge in [0, 0.05) is 61.2 Å². The van der Waals surface area contributed by atoms with E-state index in [0.29, 0.717) is 114 Å². The van der Waals surface area contributed by atoms with Gasteiger partial charge in [0.2, 0.25) is 41.6 Å². The van der Waals surface area contributed by atoms with Crippen molar-refractivity contribution < 1.29 is 14.2 Å². The van der Waals surface area contributed by atoms with Crippen LogP contribution in [0.25, 0.3) is 0 Å². The van der Waals surface area contributed by atoms with E-state index in [2.05, 4.69) is 176 Å². The third-order valence-electron chi connectivity index (χ3n) is 11.8. The summed E-state index contributed by atoms with van der Waals surface area (Å²) in [6.45, 7) is 51.5. The van der Waals surface area contributed by atoms with Gasteiger partial charge in [-0.15, -0.1) is 0 Å². The van der Waals surface area contributed by atoms with E-state index in [1.54, 1.807) is 0 Å². The number of nitrogens with one attached hydrogen (secondary N) is 7. The predicted octanol–water partition coefficient (Wildman–Crippen LogP) is 11.0. The van der Waals surface area contributed by atoms with Crippen molar-refractivity contribution in [2.24, 2.45) is 27.4 Å². The van der Waals surface area contributed by atoms with E-state index < -0.39 is 0 Å². The van der Waals surface area contributed by atoms with Crippen molar-refractivity contribution in [2.75, 3.05) is 116 Å². The van der Waals surface area contributed by atoms with Gasteiger partial charge in [-0.1, -0.05) is 111 Å². The minimum atomic E-state index is -0.254. The zero-order valence-corrected chi connectivity index (χ0v) is 52.0. The quantitative estimate of drug-likeness (QED) is 0.0252. The topological polar surface area (TPSA) is 254 Å². The highest BCUT2D eigenvalue weighted by Crippen LogP contribution is 2.39. The van der Waals surface area contributed by atoms with Crippen molar-refractivity contribution in [1.29, 1.82) is 0 Å². The van der Waals surface area contributed by atoms with E-state index in [1.165, 1.54) is 0 Å². The minimum Gasteiger partial charge on any atom is -0.378 e. The lowest BCUT2D eigenvalue weighted by Gasteiger charge is -2.34. The monoisotopic (exact) mass is 1080 g/mol. The van der Waals surface area contributed by atoms with Gasteiger partial charge in [-0.25, -0.2) is 4.98 Å². The Morgan fingerprint density at radius 1 is 0.312 bits per heavy atom. The van der Waals surface area contributed by atoms with Crippen molar-refractivity contribution in [3.63, 3.8) is 0 Å². The molecule has 0 aliphatic carbocycles. The summed E-state index contributed by atoms with van der Waals surface area (Å²) in [7, 11) is 0. The largest absolute Gasteiger partial charge is 0.378 e. The number of anilines is 7. The summed E-state index contributed by atoms with van der Waals surface area (Å²) in [6, 6.07) is 0. The lowest BCUT2D eigenvalue weighted by Crippen LogP contribution is -2.36. The molecule has 9 N–H and O–H groups in total. The molecule has 0 aromatic carbocycles. The van der Waals surface area contributed by atoms with E-state index >= 15 is 0 Å². The van der Waals surface area contributed by atoms with Crippen LogP contribution in [0.2, 0.25) is 0 Å². The summed E-state index contributed by atoms with van der Waals surface area (Å²) >= 11 is 0. The standard InChI is InChI=1S/C57H109N17O3/c1-50(2,3)37-54(13,14)41-64-42(55(15,16)38-51(4,5)6)66-43(65-41)59-26-21-22-27-60-44-67-45(70-48(69-44)73-56(17,18)39-52(7,8)9)61-28-23-24-29-62-46-68-47(63-30-32-76-34-36-77-35-33-75-31-25-58)72-49(71-46)74-57(19,20)40-53(10,11)12/h21-40,58H2,1-20H3,(H,59,64,65,66)(H3,60,61,67,69,70,73)(H3,62,63,68,71,72,74). The Balaban J connectivity index is 1.65. The molecule has 0 unspecified atom stereocenters. The number of nitrogens with two attached hydrogens (primary N) is 1. The number of hydrogen-bond acceptors (Lipinski definition) is 20. The molecule has 3 rings (SSSR count). The smallest absolute Gasteiger partial charge is 0.229 e. The first kappa shape index (κ1) is 66.7. The molecule has 0 fully saturated rings. The van der Waals surface area contributed by atoms with E-state index in [-0.39, 0.29) is 43.6 Å². The van der Waals surface area contributed by atoms with Crippen molar-refractivity contribution in [2.45, 2.75) is 212 Å². The SMILES string of the molecule is CC(C)(C)CC(C)(C)Nc1nc(NCCCCNc2nc(NCCOCCOCCOCCN)nc(NC(C)(C)CC(C)(C)C)n2)nc(NCCCCNc2nc(C(C)(C)CC(C)(C)C)nc(C(C)(C)CC(C)(C)C)n2)n1. The lowest BCUT2D eigenvalue weighted by molar-refractivity contribution is 0.0179. The van der Waals surface area contributed by atoms with Crippen LogP contribution in [0, 0.1) is 21.7 Å². The van der Waals surface area contributed by atoms with Crippen LogP contribution in [0.1, 0.15) is 201 Å². The van der Waals surface area contributed by atoms with E-state index in [0.717, 1.165) is 69.6 Å². The first-order chi connectivity index (χ1) is 35.5. The summed E-state index contributed by atoms with van der Waals surface area (Å²) < 4.78 is 16.7. The molecule has 3 aromatic heterocycles. The molecule has 0 spiro atoms. The first-order valence-electron chi connectivity index (χ1n) is 28.5. The highest BCUT2D eigenvalue weighted by atomic mass is 16.5. The first-order valence-corrected chi connectivity index (χ1v) is 28.5. The molecule has 77 heavy (non-hydrogen) atoms. The maximum atomic E-state index is 5.76. The van der Waals surface area contributed by atoms with Crippen LogP contribution in [-0.4, -0.2) is 135 Å². The summed E-state index contributed by atoms with van der Waals surface area (Å²) in [5.74, 6) is 5.36. The fourth-order valence-corrected chi connectivity index (χ4v) is 10.6. The molecule has 0 saturated heterocycles.